The first kappa shape index (κ1) is 13.1. The van der Waals surface area contributed by atoms with Gasteiger partial charge in [-0.05, 0) is 43.2 Å². The lowest BCUT2D eigenvalue weighted by molar-refractivity contribution is 0.102. The predicted octanol–water partition coefficient (Wildman–Crippen LogP) is 3.07. The van der Waals surface area contributed by atoms with Gasteiger partial charge in [-0.2, -0.15) is 0 Å². The van der Waals surface area contributed by atoms with Crippen LogP contribution in [0.3, 0.4) is 0 Å². The molecule has 1 aromatic carbocycles. The molecule has 0 bridgehead atoms. The number of nitrogens with one attached hydrogen (secondary N) is 2. The lowest BCUT2D eigenvalue weighted by Crippen LogP contribution is -2.15. The summed E-state index contributed by atoms with van der Waals surface area (Å²) in [6.45, 7) is 0. The van der Waals surface area contributed by atoms with Gasteiger partial charge in [0.1, 0.15) is 5.69 Å². The molecule has 1 aliphatic carbocycles. The molecule has 1 heterocycles. The van der Waals surface area contributed by atoms with Crippen LogP contribution in [-0.2, 0) is 0 Å². The van der Waals surface area contributed by atoms with Crippen molar-refractivity contribution in [1.82, 2.24) is 9.97 Å². The van der Waals surface area contributed by atoms with Crippen molar-refractivity contribution in [1.29, 1.82) is 0 Å². The van der Waals surface area contributed by atoms with E-state index in [0.29, 0.717) is 17.7 Å². The summed E-state index contributed by atoms with van der Waals surface area (Å²) in [7, 11) is 0. The molecule has 2 aromatic rings. The van der Waals surface area contributed by atoms with Crippen molar-refractivity contribution in [2.24, 2.45) is 0 Å². The number of carbonyl (C=O) groups excluding carboxylic acids is 1. The number of nitrogens with zero attached hydrogens (tertiary/aromatic N) is 2. The number of rotatable bonds is 4. The topological polar surface area (TPSA) is 66.9 Å². The van der Waals surface area contributed by atoms with Crippen LogP contribution in [0.15, 0.2) is 41.0 Å². The number of aromatic nitrogens is 2. The Morgan fingerprint density at radius 2 is 1.95 bits per heavy atom. The van der Waals surface area contributed by atoms with Gasteiger partial charge in [0.05, 0.1) is 0 Å². The van der Waals surface area contributed by atoms with Crippen LogP contribution in [0.25, 0.3) is 0 Å². The predicted molar refractivity (Wildman–Crippen MR) is 80.8 cm³/mol. The third kappa shape index (κ3) is 3.33. The molecule has 1 saturated carbocycles. The van der Waals surface area contributed by atoms with Crippen molar-refractivity contribution < 1.29 is 4.79 Å². The molecule has 3 rings (SSSR count). The summed E-state index contributed by atoms with van der Waals surface area (Å²) in [6.07, 6.45) is 3.87. The molecule has 1 aromatic heterocycles. The lowest BCUT2D eigenvalue weighted by atomic mass is 10.3. The molecular weight excluding hydrogens is 320 g/mol. The maximum atomic E-state index is 12.1. The normalized spacial score (nSPS) is 13.8. The number of benzene rings is 1. The van der Waals surface area contributed by atoms with E-state index in [4.69, 9.17) is 0 Å². The first-order chi connectivity index (χ1) is 9.70. The zero-order valence-corrected chi connectivity index (χ0v) is 12.2. The Labute approximate surface area is 125 Å². The van der Waals surface area contributed by atoms with Gasteiger partial charge in [0.15, 0.2) is 0 Å². The number of amides is 1. The van der Waals surface area contributed by atoms with Gasteiger partial charge in [-0.15, -0.1) is 0 Å². The van der Waals surface area contributed by atoms with Gasteiger partial charge in [0.2, 0.25) is 5.95 Å². The second-order valence-corrected chi connectivity index (χ2v) is 5.56. The van der Waals surface area contributed by atoms with Crippen LogP contribution in [0.5, 0.6) is 0 Å². The molecule has 0 saturated heterocycles. The molecule has 102 valence electrons. The Kier molecular flexibility index (Phi) is 3.64. The molecule has 1 amide bonds. The molecule has 1 aliphatic rings. The highest BCUT2D eigenvalue weighted by Gasteiger charge is 2.22. The van der Waals surface area contributed by atoms with E-state index in [0.717, 1.165) is 23.0 Å². The van der Waals surface area contributed by atoms with Crippen LogP contribution in [0, 0.1) is 0 Å². The van der Waals surface area contributed by atoms with E-state index in [1.54, 1.807) is 12.3 Å². The Bertz CT molecular complexity index is 625. The van der Waals surface area contributed by atoms with Gasteiger partial charge in [0.25, 0.3) is 5.91 Å². The van der Waals surface area contributed by atoms with Gasteiger partial charge in [-0.1, -0.05) is 15.9 Å². The molecule has 0 spiro atoms. The fourth-order valence-corrected chi connectivity index (χ4v) is 1.96. The van der Waals surface area contributed by atoms with Gasteiger partial charge in [-0.3, -0.25) is 4.79 Å². The molecule has 2 N–H and O–H groups in total. The van der Waals surface area contributed by atoms with Crippen LogP contribution in [-0.4, -0.2) is 21.9 Å². The second kappa shape index (κ2) is 5.58. The zero-order valence-electron chi connectivity index (χ0n) is 10.6. The fraction of sp³-hybridized carbons (Fsp3) is 0.214. The molecule has 5 nitrogen and oxygen atoms in total. The molecule has 0 unspecified atom stereocenters. The molecule has 1 fully saturated rings. The van der Waals surface area contributed by atoms with Gasteiger partial charge in [0, 0.05) is 22.4 Å². The summed E-state index contributed by atoms with van der Waals surface area (Å²) in [5.41, 5.74) is 1.08. The minimum atomic E-state index is -0.242. The maximum Gasteiger partial charge on any atom is 0.274 e. The SMILES string of the molecule is O=C(Nc1ccc(Br)cc1)c1ccnc(NC2CC2)n1. The van der Waals surface area contributed by atoms with Crippen molar-refractivity contribution >= 4 is 33.5 Å². The molecule has 20 heavy (non-hydrogen) atoms. The Morgan fingerprint density at radius 3 is 2.65 bits per heavy atom. The minimum Gasteiger partial charge on any atom is -0.351 e. The van der Waals surface area contributed by atoms with Crippen LogP contribution in [0.1, 0.15) is 23.3 Å². The second-order valence-electron chi connectivity index (χ2n) is 4.65. The van der Waals surface area contributed by atoms with Gasteiger partial charge >= 0.3 is 0 Å². The molecule has 0 aliphatic heterocycles. The average Bonchev–Trinajstić information content (AvgIpc) is 3.25. The van der Waals surface area contributed by atoms with Crippen molar-refractivity contribution in [3.05, 3.63) is 46.7 Å². The zero-order chi connectivity index (χ0) is 13.9. The van der Waals surface area contributed by atoms with Crippen molar-refractivity contribution in [3.63, 3.8) is 0 Å². The van der Waals surface area contributed by atoms with E-state index in [1.807, 2.05) is 24.3 Å². The summed E-state index contributed by atoms with van der Waals surface area (Å²) >= 11 is 3.35. The first-order valence-electron chi connectivity index (χ1n) is 6.37. The minimum absolute atomic E-state index is 0.242. The molecule has 0 radical (unpaired) electrons. The first-order valence-corrected chi connectivity index (χ1v) is 7.16. The standard InChI is InChI=1S/C14H13BrN4O/c15-9-1-3-10(4-2-9)17-13(20)12-7-8-16-14(19-12)18-11-5-6-11/h1-4,7-8,11H,5-6H2,(H,17,20)(H,16,18,19). The van der Waals surface area contributed by atoms with E-state index < -0.39 is 0 Å². The average molecular weight is 333 g/mol. The van der Waals surface area contributed by atoms with E-state index >= 15 is 0 Å². The highest BCUT2D eigenvalue weighted by atomic mass is 79.9. The summed E-state index contributed by atoms with van der Waals surface area (Å²) in [4.78, 5) is 20.4. The Hall–Kier alpha value is -1.95. The monoisotopic (exact) mass is 332 g/mol. The third-order valence-corrected chi connectivity index (χ3v) is 3.43. The van der Waals surface area contributed by atoms with E-state index in [1.165, 1.54) is 0 Å². The van der Waals surface area contributed by atoms with Crippen molar-refractivity contribution in [2.45, 2.75) is 18.9 Å². The number of hydrogen-bond donors (Lipinski definition) is 2. The number of carbonyl (C=O) groups is 1. The Morgan fingerprint density at radius 1 is 1.20 bits per heavy atom. The molecule has 6 heteroatoms. The summed E-state index contributed by atoms with van der Waals surface area (Å²) in [5, 5.41) is 5.98. The Balaban J connectivity index is 1.71. The van der Waals surface area contributed by atoms with Crippen LogP contribution < -0.4 is 10.6 Å². The van der Waals surface area contributed by atoms with Gasteiger partial charge in [-0.25, -0.2) is 9.97 Å². The van der Waals surface area contributed by atoms with Gasteiger partial charge < -0.3 is 10.6 Å². The van der Waals surface area contributed by atoms with Crippen molar-refractivity contribution in [2.75, 3.05) is 10.6 Å². The number of anilines is 2. The lowest BCUT2D eigenvalue weighted by Gasteiger charge is -2.06. The van der Waals surface area contributed by atoms with Crippen molar-refractivity contribution in [3.8, 4) is 0 Å². The van der Waals surface area contributed by atoms with Crippen LogP contribution in [0.2, 0.25) is 0 Å². The maximum absolute atomic E-state index is 12.1. The summed E-state index contributed by atoms with van der Waals surface area (Å²) in [6, 6.07) is 9.45. The van der Waals surface area contributed by atoms with E-state index in [-0.39, 0.29) is 5.91 Å². The van der Waals surface area contributed by atoms with Crippen LogP contribution in [0.4, 0.5) is 11.6 Å². The highest BCUT2D eigenvalue weighted by Crippen LogP contribution is 2.22. The highest BCUT2D eigenvalue weighted by molar-refractivity contribution is 9.10. The fourth-order valence-electron chi connectivity index (χ4n) is 1.69. The quantitative estimate of drug-likeness (QED) is 0.902. The molecular formula is C14H13BrN4O. The van der Waals surface area contributed by atoms with E-state index in [9.17, 15) is 4.79 Å². The number of hydrogen-bond acceptors (Lipinski definition) is 4. The van der Waals surface area contributed by atoms with E-state index in [2.05, 4.69) is 36.5 Å². The summed E-state index contributed by atoms with van der Waals surface area (Å²) in [5.74, 6) is 0.268. The third-order valence-electron chi connectivity index (χ3n) is 2.90. The smallest absolute Gasteiger partial charge is 0.274 e. The largest absolute Gasteiger partial charge is 0.351 e. The number of halogens is 1. The molecule has 0 atom stereocenters. The van der Waals surface area contributed by atoms with Crippen LogP contribution >= 0.6 is 15.9 Å². The summed E-state index contributed by atoms with van der Waals surface area (Å²) < 4.78 is 0.966.